The number of hydrogen-bond donors (Lipinski definition) is 1. The summed E-state index contributed by atoms with van der Waals surface area (Å²) < 4.78 is 6.68. The van der Waals surface area contributed by atoms with Crippen molar-refractivity contribution in [2.45, 2.75) is 25.0 Å². The van der Waals surface area contributed by atoms with Gasteiger partial charge in [0.15, 0.2) is 0 Å². The van der Waals surface area contributed by atoms with Crippen LogP contribution >= 0.6 is 15.9 Å². The highest BCUT2D eigenvalue weighted by molar-refractivity contribution is 9.10. The van der Waals surface area contributed by atoms with Crippen LogP contribution in [0.3, 0.4) is 0 Å². The highest BCUT2D eigenvalue weighted by atomic mass is 79.9. The molecule has 0 aliphatic carbocycles. The van der Waals surface area contributed by atoms with Crippen molar-refractivity contribution < 1.29 is 4.74 Å². The van der Waals surface area contributed by atoms with Crippen LogP contribution in [0.2, 0.25) is 0 Å². The fourth-order valence-corrected chi connectivity index (χ4v) is 2.82. The highest BCUT2D eigenvalue weighted by Crippen LogP contribution is 2.32. The predicted octanol–water partition coefficient (Wildman–Crippen LogP) is 1.19. The fraction of sp³-hybridized carbons (Fsp3) is 0.600. The van der Waals surface area contributed by atoms with Crippen molar-refractivity contribution >= 4 is 27.7 Å². The first kappa shape index (κ1) is 10.3. The Morgan fingerprint density at radius 3 is 2.75 bits per heavy atom. The standard InChI is InChI=1S/C10H13BrN4O/c11-8-3-13-10(12)14-9(8)15-4-6-1-2-7(5-15)16-6/h3,6-7H,1-2,4-5H2,(H2,12,13,14). The van der Waals surface area contributed by atoms with Crippen LogP contribution in [0, 0.1) is 0 Å². The van der Waals surface area contributed by atoms with E-state index in [1.807, 2.05) is 0 Å². The molecule has 0 radical (unpaired) electrons. The van der Waals surface area contributed by atoms with Gasteiger partial charge in [-0.15, -0.1) is 0 Å². The number of nitrogen functional groups attached to an aromatic ring is 1. The van der Waals surface area contributed by atoms with Gasteiger partial charge in [-0.25, -0.2) is 4.98 Å². The zero-order valence-electron chi connectivity index (χ0n) is 8.77. The van der Waals surface area contributed by atoms with E-state index in [4.69, 9.17) is 10.5 Å². The van der Waals surface area contributed by atoms with Crippen LogP contribution in [-0.4, -0.2) is 35.3 Å². The molecule has 2 N–H and O–H groups in total. The van der Waals surface area contributed by atoms with E-state index in [9.17, 15) is 0 Å². The van der Waals surface area contributed by atoms with Crippen LogP contribution < -0.4 is 10.6 Å². The Balaban J connectivity index is 1.89. The van der Waals surface area contributed by atoms with Crippen molar-refractivity contribution in [2.75, 3.05) is 23.7 Å². The number of anilines is 2. The van der Waals surface area contributed by atoms with E-state index in [0.29, 0.717) is 18.2 Å². The van der Waals surface area contributed by atoms with E-state index in [1.54, 1.807) is 6.20 Å². The van der Waals surface area contributed by atoms with Gasteiger partial charge < -0.3 is 15.4 Å². The molecule has 0 spiro atoms. The third kappa shape index (κ3) is 1.76. The summed E-state index contributed by atoms with van der Waals surface area (Å²) in [7, 11) is 0. The molecule has 86 valence electrons. The molecule has 0 saturated carbocycles. The average Bonchev–Trinajstić information content (AvgIpc) is 2.61. The summed E-state index contributed by atoms with van der Waals surface area (Å²) in [6.45, 7) is 1.79. The number of fused-ring (bicyclic) bond motifs is 2. The molecule has 5 nitrogen and oxygen atoms in total. The number of rotatable bonds is 1. The summed E-state index contributed by atoms with van der Waals surface area (Å²) in [5, 5.41) is 0. The first-order valence-electron chi connectivity index (χ1n) is 5.41. The Morgan fingerprint density at radius 1 is 1.38 bits per heavy atom. The van der Waals surface area contributed by atoms with Crippen LogP contribution in [0.15, 0.2) is 10.7 Å². The van der Waals surface area contributed by atoms with Crippen molar-refractivity contribution in [2.24, 2.45) is 0 Å². The molecule has 2 unspecified atom stereocenters. The van der Waals surface area contributed by atoms with Gasteiger partial charge in [0.05, 0.1) is 16.7 Å². The van der Waals surface area contributed by atoms with E-state index in [2.05, 4.69) is 30.8 Å². The molecule has 2 fully saturated rings. The predicted molar refractivity (Wildman–Crippen MR) is 64.3 cm³/mol. The molecule has 1 aromatic rings. The Kier molecular flexibility index (Phi) is 2.48. The Labute approximate surface area is 102 Å². The Bertz CT molecular complexity index is 402. The Hall–Kier alpha value is -0.880. The second kappa shape index (κ2) is 3.85. The van der Waals surface area contributed by atoms with Gasteiger partial charge >= 0.3 is 0 Å². The number of aromatic nitrogens is 2. The number of ether oxygens (including phenoxy) is 1. The summed E-state index contributed by atoms with van der Waals surface area (Å²) in [6, 6.07) is 0. The fourth-order valence-electron chi connectivity index (χ4n) is 2.38. The molecule has 2 saturated heterocycles. The third-order valence-electron chi connectivity index (χ3n) is 3.09. The van der Waals surface area contributed by atoms with Gasteiger partial charge in [-0.1, -0.05) is 0 Å². The number of nitrogens with two attached hydrogens (primary N) is 1. The molecule has 2 aliphatic rings. The van der Waals surface area contributed by atoms with Crippen LogP contribution in [0.1, 0.15) is 12.8 Å². The molecule has 16 heavy (non-hydrogen) atoms. The number of hydrogen-bond acceptors (Lipinski definition) is 5. The largest absolute Gasteiger partial charge is 0.371 e. The molecule has 3 heterocycles. The molecule has 3 rings (SSSR count). The lowest BCUT2D eigenvalue weighted by Crippen LogP contribution is -2.43. The SMILES string of the molecule is Nc1ncc(Br)c(N2CC3CCC(C2)O3)n1. The van der Waals surface area contributed by atoms with Crippen LogP contribution in [0.5, 0.6) is 0 Å². The van der Waals surface area contributed by atoms with E-state index >= 15 is 0 Å². The highest BCUT2D eigenvalue weighted by Gasteiger charge is 2.34. The molecule has 0 aromatic carbocycles. The van der Waals surface area contributed by atoms with Gasteiger partial charge in [-0.3, -0.25) is 0 Å². The molecule has 2 bridgehead atoms. The van der Waals surface area contributed by atoms with Gasteiger partial charge in [0, 0.05) is 19.3 Å². The summed E-state index contributed by atoms with van der Waals surface area (Å²) >= 11 is 3.46. The number of halogens is 1. The quantitative estimate of drug-likeness (QED) is 0.839. The minimum atomic E-state index is 0.317. The minimum absolute atomic E-state index is 0.317. The zero-order chi connectivity index (χ0) is 11.1. The van der Waals surface area contributed by atoms with Crippen molar-refractivity contribution in [1.82, 2.24) is 9.97 Å². The van der Waals surface area contributed by atoms with Crippen molar-refractivity contribution in [3.8, 4) is 0 Å². The normalized spacial score (nSPS) is 28.4. The summed E-state index contributed by atoms with van der Waals surface area (Å²) in [5.74, 6) is 1.20. The first-order valence-corrected chi connectivity index (χ1v) is 6.20. The maximum atomic E-state index is 5.79. The average molecular weight is 285 g/mol. The third-order valence-corrected chi connectivity index (χ3v) is 3.65. The lowest BCUT2D eigenvalue weighted by Gasteiger charge is -2.33. The van der Waals surface area contributed by atoms with Crippen molar-refractivity contribution in [1.29, 1.82) is 0 Å². The van der Waals surface area contributed by atoms with Crippen LogP contribution in [0.4, 0.5) is 11.8 Å². The maximum absolute atomic E-state index is 5.79. The van der Waals surface area contributed by atoms with Crippen LogP contribution in [0.25, 0.3) is 0 Å². The molecular weight excluding hydrogens is 272 g/mol. The summed E-state index contributed by atoms with van der Waals surface area (Å²) in [4.78, 5) is 10.5. The molecule has 2 aliphatic heterocycles. The lowest BCUT2D eigenvalue weighted by atomic mass is 10.2. The molecular formula is C10H13BrN4O. The smallest absolute Gasteiger partial charge is 0.222 e. The van der Waals surface area contributed by atoms with Gasteiger partial charge in [-0.05, 0) is 28.8 Å². The van der Waals surface area contributed by atoms with Gasteiger partial charge in [-0.2, -0.15) is 4.98 Å². The second-order valence-electron chi connectivity index (χ2n) is 4.26. The van der Waals surface area contributed by atoms with Crippen molar-refractivity contribution in [3.63, 3.8) is 0 Å². The molecule has 2 atom stereocenters. The first-order chi connectivity index (χ1) is 7.72. The topological polar surface area (TPSA) is 64.3 Å². The van der Waals surface area contributed by atoms with E-state index in [1.165, 1.54) is 0 Å². The zero-order valence-corrected chi connectivity index (χ0v) is 10.4. The van der Waals surface area contributed by atoms with E-state index in [0.717, 1.165) is 36.2 Å². The molecule has 6 heteroatoms. The number of morpholine rings is 1. The maximum Gasteiger partial charge on any atom is 0.222 e. The number of nitrogens with zero attached hydrogens (tertiary/aromatic N) is 3. The van der Waals surface area contributed by atoms with Crippen molar-refractivity contribution in [3.05, 3.63) is 10.7 Å². The lowest BCUT2D eigenvalue weighted by molar-refractivity contribution is 0.0302. The summed E-state index contributed by atoms with van der Waals surface area (Å²) in [5.41, 5.74) is 5.62. The minimum Gasteiger partial charge on any atom is -0.371 e. The van der Waals surface area contributed by atoms with Crippen LogP contribution in [-0.2, 0) is 4.74 Å². The van der Waals surface area contributed by atoms with Gasteiger partial charge in [0.1, 0.15) is 5.82 Å². The monoisotopic (exact) mass is 284 g/mol. The van der Waals surface area contributed by atoms with E-state index in [-0.39, 0.29) is 0 Å². The second-order valence-corrected chi connectivity index (χ2v) is 5.12. The van der Waals surface area contributed by atoms with E-state index < -0.39 is 0 Å². The summed E-state index contributed by atoms with van der Waals surface area (Å²) in [6.07, 6.45) is 4.71. The van der Waals surface area contributed by atoms with Gasteiger partial charge in [0.25, 0.3) is 0 Å². The molecule has 0 amide bonds. The molecule has 1 aromatic heterocycles. The van der Waals surface area contributed by atoms with Gasteiger partial charge in [0.2, 0.25) is 5.95 Å². The Morgan fingerprint density at radius 2 is 2.06 bits per heavy atom.